The van der Waals surface area contributed by atoms with Crippen LogP contribution in [0.25, 0.3) is 0 Å². The zero-order valence-electron chi connectivity index (χ0n) is 30.6. The first-order chi connectivity index (χ1) is 23.9. The Balaban J connectivity index is 1.82. The molecule has 2 saturated heterocycles. The second-order valence-electron chi connectivity index (χ2n) is 13.8. The summed E-state index contributed by atoms with van der Waals surface area (Å²) < 4.78 is 29.3. The number of carbonyl (C=O) groups is 4. The zero-order valence-corrected chi connectivity index (χ0v) is 32.2. The SMILES string of the molecule is COc1cc2cc(c1Cl)N(C)C(=O)C(C)[C@H](OC(=O)[C@H](C)N(C)C(=O)CCS)[C@]1(C)O[C@H]1[C@H](C)C1C[C@@](O)(NC(=O)O1)[C@H](OC)/C=C/C=C(\C)C2. The standard InChI is InChI=1S/C36H50ClN3O10S/c1-19-11-10-12-27(47-9)36(45)18-26(48-34(44)38-36)20(2)31-35(5,50-31)30(49-33(43)22(4)39(6)28(41)13-14-51)21(3)32(42)40(7)24-16-23(15-19)17-25(46-8)29(24)37/h10-12,16-17,20-22,26-27,30-31,45,51H,13-15,18H2,1-9H3,(H,38,44)/b12-10+,19-11+/t20-,21?,22+,26?,27-,30+,31+,35+,36+/m1/s1. The molecular weight excluding hydrogens is 702 g/mol. The quantitative estimate of drug-likeness (QED) is 0.211. The van der Waals surface area contributed by atoms with Crippen molar-refractivity contribution >= 4 is 53.8 Å². The van der Waals surface area contributed by atoms with Gasteiger partial charge < -0.3 is 38.6 Å². The van der Waals surface area contributed by atoms with Gasteiger partial charge in [-0.1, -0.05) is 42.3 Å². The van der Waals surface area contributed by atoms with E-state index in [1.165, 1.54) is 31.1 Å². The van der Waals surface area contributed by atoms with Gasteiger partial charge in [0.2, 0.25) is 11.8 Å². The second kappa shape index (κ2) is 16.2. The number of nitrogens with one attached hydrogen (secondary N) is 1. The predicted octanol–water partition coefficient (Wildman–Crippen LogP) is 4.08. The molecule has 13 nitrogen and oxygen atoms in total. The number of alkyl carbamates (subject to hydrolysis) is 1. The molecule has 4 rings (SSSR count). The van der Waals surface area contributed by atoms with Gasteiger partial charge in [-0.05, 0) is 57.6 Å². The van der Waals surface area contributed by atoms with Crippen molar-refractivity contribution < 1.29 is 48.0 Å². The number of hydrogen-bond acceptors (Lipinski definition) is 11. The first-order valence-corrected chi connectivity index (χ1v) is 17.9. The molecule has 51 heavy (non-hydrogen) atoms. The van der Waals surface area contributed by atoms with Gasteiger partial charge in [0.15, 0.2) is 5.72 Å². The number of anilines is 1. The van der Waals surface area contributed by atoms with Crippen LogP contribution in [0.3, 0.4) is 0 Å². The number of methoxy groups -OCH3 is 2. The Morgan fingerprint density at radius 2 is 1.94 bits per heavy atom. The van der Waals surface area contributed by atoms with E-state index in [4.69, 9.17) is 35.3 Å². The number of thiol groups is 1. The molecule has 3 aliphatic heterocycles. The van der Waals surface area contributed by atoms with Crippen LogP contribution >= 0.6 is 24.2 Å². The number of allylic oxidation sites excluding steroid dienone is 3. The normalized spacial score (nSPS) is 33.4. The summed E-state index contributed by atoms with van der Waals surface area (Å²) in [5.41, 5.74) is -0.945. The Labute approximate surface area is 310 Å². The highest BCUT2D eigenvalue weighted by atomic mass is 35.5. The lowest BCUT2D eigenvalue weighted by atomic mass is 9.81. The second-order valence-corrected chi connectivity index (χ2v) is 14.7. The van der Waals surface area contributed by atoms with E-state index in [-0.39, 0.29) is 23.8 Å². The number of amides is 3. The van der Waals surface area contributed by atoms with Gasteiger partial charge in [-0.25, -0.2) is 9.59 Å². The molecule has 3 aliphatic rings. The van der Waals surface area contributed by atoms with Crippen LogP contribution in [0.4, 0.5) is 10.5 Å². The fourth-order valence-electron chi connectivity index (χ4n) is 6.92. The summed E-state index contributed by atoms with van der Waals surface area (Å²) in [6.45, 7) is 8.62. The van der Waals surface area contributed by atoms with Gasteiger partial charge in [-0.3, -0.25) is 14.9 Å². The molecule has 3 amide bonds. The first kappa shape index (κ1) is 40.5. The largest absolute Gasteiger partial charge is 0.495 e. The van der Waals surface area contributed by atoms with Gasteiger partial charge in [0.05, 0.1) is 24.8 Å². The van der Waals surface area contributed by atoms with Gasteiger partial charge in [0.25, 0.3) is 0 Å². The molecule has 15 heteroatoms. The monoisotopic (exact) mass is 751 g/mol. The number of fused-ring (bicyclic) bond motifs is 5. The minimum absolute atomic E-state index is 0.0533. The van der Waals surface area contributed by atoms with Gasteiger partial charge >= 0.3 is 12.1 Å². The number of carbonyl (C=O) groups excluding carboxylic acids is 4. The molecule has 1 aromatic carbocycles. The molecule has 0 aromatic heterocycles. The summed E-state index contributed by atoms with van der Waals surface area (Å²) in [5.74, 6) is -2.31. The highest BCUT2D eigenvalue weighted by molar-refractivity contribution is 7.80. The van der Waals surface area contributed by atoms with E-state index in [1.807, 2.05) is 13.0 Å². The van der Waals surface area contributed by atoms with Crippen molar-refractivity contribution in [1.82, 2.24) is 10.2 Å². The smallest absolute Gasteiger partial charge is 0.409 e. The third-order valence-electron chi connectivity index (χ3n) is 10.2. The minimum atomic E-state index is -1.83. The van der Waals surface area contributed by atoms with Crippen molar-refractivity contribution in [1.29, 1.82) is 0 Å². The molecule has 2 N–H and O–H groups in total. The average molecular weight is 752 g/mol. The third kappa shape index (κ3) is 8.51. The van der Waals surface area contributed by atoms with Gasteiger partial charge in [-0.2, -0.15) is 12.6 Å². The molecule has 1 aromatic rings. The fraction of sp³-hybridized carbons (Fsp3) is 0.611. The van der Waals surface area contributed by atoms with Crippen LogP contribution in [0.15, 0.2) is 35.9 Å². The van der Waals surface area contributed by atoms with E-state index in [0.717, 1.165) is 11.1 Å². The number of hydrogen-bond donors (Lipinski definition) is 3. The van der Waals surface area contributed by atoms with Gasteiger partial charge in [0.1, 0.15) is 40.7 Å². The number of ether oxygens (including phenoxy) is 5. The zero-order chi connectivity index (χ0) is 38.0. The number of aliphatic hydroxyl groups is 1. The number of rotatable bonds is 7. The van der Waals surface area contributed by atoms with Crippen molar-refractivity contribution in [2.75, 3.05) is 39.0 Å². The molecule has 3 heterocycles. The molecule has 0 aliphatic carbocycles. The lowest BCUT2D eigenvalue weighted by molar-refractivity contribution is -0.165. The molecule has 282 valence electrons. The van der Waals surface area contributed by atoms with Crippen LogP contribution in [0, 0.1) is 11.8 Å². The molecule has 2 unspecified atom stereocenters. The van der Waals surface area contributed by atoms with E-state index < -0.39 is 71.6 Å². The number of esters is 1. The molecule has 0 radical (unpaired) electrons. The summed E-state index contributed by atoms with van der Waals surface area (Å²) in [6.07, 6.45) is 1.32. The average Bonchev–Trinajstić information content (AvgIpc) is 3.78. The topological polar surface area (TPSA) is 156 Å². The Morgan fingerprint density at radius 1 is 1.25 bits per heavy atom. The van der Waals surface area contributed by atoms with Gasteiger partial charge in [-0.15, -0.1) is 0 Å². The molecule has 0 saturated carbocycles. The van der Waals surface area contributed by atoms with E-state index in [0.29, 0.717) is 23.6 Å². The lowest BCUT2D eigenvalue weighted by Gasteiger charge is -2.42. The van der Waals surface area contributed by atoms with Crippen LogP contribution in [0.1, 0.15) is 53.0 Å². The minimum Gasteiger partial charge on any atom is -0.495 e. The van der Waals surface area contributed by atoms with Crippen LogP contribution in [-0.4, -0.2) is 110 Å². The Morgan fingerprint density at radius 3 is 2.57 bits per heavy atom. The lowest BCUT2D eigenvalue weighted by Crippen LogP contribution is -2.63. The molecule has 0 spiro atoms. The molecule has 4 bridgehead atoms. The summed E-state index contributed by atoms with van der Waals surface area (Å²) in [5, 5.41) is 14.5. The third-order valence-corrected chi connectivity index (χ3v) is 10.8. The number of halogens is 1. The van der Waals surface area contributed by atoms with Gasteiger partial charge in [0, 0.05) is 40.0 Å². The van der Waals surface area contributed by atoms with Crippen LogP contribution < -0.4 is 15.0 Å². The first-order valence-electron chi connectivity index (χ1n) is 16.9. The number of nitrogens with zero attached hydrogens (tertiary/aromatic N) is 2. The molecular formula is C36H50ClN3O10S. The van der Waals surface area contributed by atoms with Crippen molar-refractivity contribution in [3.8, 4) is 5.75 Å². The summed E-state index contributed by atoms with van der Waals surface area (Å²) in [4.78, 5) is 56.2. The highest BCUT2D eigenvalue weighted by Gasteiger charge is 2.66. The highest BCUT2D eigenvalue weighted by Crippen LogP contribution is 2.50. The van der Waals surface area contributed by atoms with Crippen molar-refractivity contribution in [3.63, 3.8) is 0 Å². The Kier molecular flexibility index (Phi) is 12.8. The fourth-order valence-corrected chi connectivity index (χ4v) is 7.43. The number of likely N-dealkylation sites (N-methyl/N-ethyl adjacent to an activating group) is 1. The number of benzene rings is 1. The summed E-state index contributed by atoms with van der Waals surface area (Å²) in [7, 11) is 6.00. The van der Waals surface area contributed by atoms with Crippen molar-refractivity contribution in [2.45, 2.75) is 95.7 Å². The maximum Gasteiger partial charge on any atom is 0.409 e. The Hall–Kier alpha value is -3.30. The summed E-state index contributed by atoms with van der Waals surface area (Å²) in [6, 6.07) is 2.60. The molecule has 9 atom stereocenters. The van der Waals surface area contributed by atoms with Crippen LogP contribution in [0.2, 0.25) is 5.02 Å². The van der Waals surface area contributed by atoms with Crippen LogP contribution in [0.5, 0.6) is 5.75 Å². The molecule has 2 fully saturated rings. The van der Waals surface area contributed by atoms with E-state index in [9.17, 15) is 24.3 Å². The Bertz CT molecular complexity index is 1570. The van der Waals surface area contributed by atoms with Crippen molar-refractivity contribution in [3.05, 3.63) is 46.5 Å². The van der Waals surface area contributed by atoms with Crippen molar-refractivity contribution in [2.24, 2.45) is 11.8 Å². The summed E-state index contributed by atoms with van der Waals surface area (Å²) >= 11 is 10.9. The number of epoxide rings is 1. The van der Waals surface area contributed by atoms with E-state index in [2.05, 4.69) is 17.9 Å². The maximum absolute atomic E-state index is 14.4. The van der Waals surface area contributed by atoms with Crippen LogP contribution in [-0.2, 0) is 39.8 Å². The predicted molar refractivity (Wildman–Crippen MR) is 194 cm³/mol. The van der Waals surface area contributed by atoms with E-state index >= 15 is 0 Å². The maximum atomic E-state index is 14.4. The van der Waals surface area contributed by atoms with E-state index in [1.54, 1.807) is 59.0 Å².